The summed E-state index contributed by atoms with van der Waals surface area (Å²) in [6, 6.07) is 8.40. The molecule has 3 rings (SSSR count). The number of benzene rings is 1. The van der Waals surface area contributed by atoms with Gasteiger partial charge < -0.3 is 5.11 Å². The maximum absolute atomic E-state index is 11.3. The molecule has 3 heteroatoms. The Morgan fingerprint density at radius 1 is 1.28 bits per heavy atom. The fourth-order valence-electron chi connectivity index (χ4n) is 2.83. The first-order valence-corrected chi connectivity index (χ1v) is 6.93. The monoisotopic (exact) mass is 258 g/mol. The number of rotatable bonds is 2. The van der Waals surface area contributed by atoms with Crippen LogP contribution in [0.5, 0.6) is 0 Å². The zero-order valence-corrected chi connectivity index (χ0v) is 11.0. The highest BCUT2D eigenvalue weighted by molar-refractivity contribution is 7.10. The number of carbonyl (C=O) groups is 1. The minimum absolute atomic E-state index is 0.332. The second-order valence-corrected chi connectivity index (χ2v) is 5.89. The Bertz CT molecular complexity index is 588. The summed E-state index contributed by atoms with van der Waals surface area (Å²) >= 11 is 1.54. The average Bonchev–Trinajstić information content (AvgIpc) is 2.91. The van der Waals surface area contributed by atoms with Crippen molar-refractivity contribution in [3.63, 3.8) is 0 Å². The summed E-state index contributed by atoms with van der Waals surface area (Å²) < 4.78 is 0. The van der Waals surface area contributed by atoms with Crippen molar-refractivity contribution in [2.24, 2.45) is 0 Å². The summed E-state index contributed by atoms with van der Waals surface area (Å²) in [4.78, 5) is 12.3. The van der Waals surface area contributed by atoms with Crippen LogP contribution in [0.2, 0.25) is 0 Å². The van der Waals surface area contributed by atoms with E-state index in [1.54, 1.807) is 11.3 Å². The molecular formula is C15H14O2S. The summed E-state index contributed by atoms with van der Waals surface area (Å²) in [6.45, 7) is 1.89. The second kappa shape index (κ2) is 4.25. The predicted octanol–water partition coefficient (Wildman–Crippen LogP) is 3.64. The zero-order valence-electron chi connectivity index (χ0n) is 10.1. The third kappa shape index (κ3) is 1.75. The fourth-order valence-corrected chi connectivity index (χ4v) is 3.76. The molecule has 1 aliphatic carbocycles. The minimum atomic E-state index is -0.792. The van der Waals surface area contributed by atoms with Crippen LogP contribution in [-0.4, -0.2) is 11.1 Å². The van der Waals surface area contributed by atoms with E-state index >= 15 is 0 Å². The van der Waals surface area contributed by atoms with Crippen molar-refractivity contribution >= 4 is 17.3 Å². The van der Waals surface area contributed by atoms with Crippen molar-refractivity contribution in [2.75, 3.05) is 0 Å². The van der Waals surface area contributed by atoms with Crippen molar-refractivity contribution in [1.29, 1.82) is 0 Å². The van der Waals surface area contributed by atoms with Crippen molar-refractivity contribution in [3.8, 4) is 0 Å². The maximum Gasteiger partial charge on any atom is 0.337 e. The molecule has 2 aromatic rings. The van der Waals surface area contributed by atoms with Crippen molar-refractivity contribution in [1.82, 2.24) is 0 Å². The third-order valence-electron chi connectivity index (χ3n) is 3.71. The fraction of sp³-hybridized carbons (Fsp3) is 0.267. The summed E-state index contributed by atoms with van der Waals surface area (Å²) in [7, 11) is 0. The molecule has 0 radical (unpaired) electrons. The van der Waals surface area contributed by atoms with E-state index in [1.165, 1.54) is 11.1 Å². The van der Waals surface area contributed by atoms with E-state index in [0.717, 1.165) is 23.3 Å². The number of fused-ring (bicyclic) bond motifs is 1. The highest BCUT2D eigenvalue weighted by Crippen LogP contribution is 2.38. The number of carboxylic acid groups (broad SMARTS) is 1. The van der Waals surface area contributed by atoms with Gasteiger partial charge in [-0.05, 0) is 47.8 Å². The van der Waals surface area contributed by atoms with Gasteiger partial charge in [-0.2, -0.15) is 0 Å². The lowest BCUT2D eigenvalue weighted by Crippen LogP contribution is -2.06. The van der Waals surface area contributed by atoms with Gasteiger partial charge in [0, 0.05) is 4.88 Å². The predicted molar refractivity (Wildman–Crippen MR) is 72.6 cm³/mol. The lowest BCUT2D eigenvalue weighted by atomic mass is 9.94. The van der Waals surface area contributed by atoms with E-state index in [1.807, 2.05) is 12.3 Å². The highest BCUT2D eigenvalue weighted by Gasteiger charge is 2.28. The number of hydrogen-bond donors (Lipinski definition) is 1. The first kappa shape index (κ1) is 11.5. The average molecular weight is 258 g/mol. The summed E-state index contributed by atoms with van der Waals surface area (Å²) in [5.74, 6) is -0.460. The minimum Gasteiger partial charge on any atom is -0.478 e. The van der Waals surface area contributed by atoms with E-state index in [9.17, 15) is 9.90 Å². The van der Waals surface area contributed by atoms with Crippen molar-refractivity contribution < 1.29 is 9.90 Å². The topological polar surface area (TPSA) is 37.3 Å². The van der Waals surface area contributed by atoms with Gasteiger partial charge in [-0.3, -0.25) is 0 Å². The number of aryl methyl sites for hydroxylation is 1. The smallest absolute Gasteiger partial charge is 0.337 e. The van der Waals surface area contributed by atoms with E-state index in [2.05, 4.69) is 24.3 Å². The van der Waals surface area contributed by atoms with Gasteiger partial charge in [0.05, 0.1) is 5.56 Å². The molecule has 0 aliphatic heterocycles. The molecule has 0 saturated heterocycles. The molecule has 1 aromatic heterocycles. The van der Waals surface area contributed by atoms with Gasteiger partial charge >= 0.3 is 5.97 Å². The van der Waals surface area contributed by atoms with E-state index < -0.39 is 5.97 Å². The Morgan fingerprint density at radius 3 is 2.44 bits per heavy atom. The molecule has 0 fully saturated rings. The van der Waals surface area contributed by atoms with E-state index in [4.69, 9.17) is 0 Å². The van der Waals surface area contributed by atoms with E-state index in [-0.39, 0.29) is 0 Å². The van der Waals surface area contributed by atoms with Gasteiger partial charge in [0.2, 0.25) is 0 Å². The Labute approximate surface area is 110 Å². The van der Waals surface area contributed by atoms with Gasteiger partial charge in [0.15, 0.2) is 0 Å². The van der Waals surface area contributed by atoms with Crippen LogP contribution in [0.3, 0.4) is 0 Å². The molecule has 0 bridgehead atoms. The van der Waals surface area contributed by atoms with Crippen LogP contribution in [0.1, 0.15) is 37.8 Å². The molecule has 0 amide bonds. The summed E-state index contributed by atoms with van der Waals surface area (Å²) in [6.07, 6.45) is 1.93. The molecule has 0 saturated carbocycles. The Kier molecular flexibility index (Phi) is 2.71. The van der Waals surface area contributed by atoms with Crippen LogP contribution in [0, 0.1) is 6.92 Å². The lowest BCUT2D eigenvalue weighted by molar-refractivity contribution is 0.0695. The Balaban J connectivity index is 1.98. The molecule has 18 heavy (non-hydrogen) atoms. The molecular weight excluding hydrogens is 244 g/mol. The van der Waals surface area contributed by atoms with Gasteiger partial charge in [0.25, 0.3) is 0 Å². The lowest BCUT2D eigenvalue weighted by Gasteiger charge is -2.09. The molecule has 1 aliphatic rings. The molecule has 0 atom stereocenters. The zero-order chi connectivity index (χ0) is 12.7. The SMILES string of the molecule is Cc1scc(C2Cc3ccccc3C2)c1C(=O)O. The van der Waals surface area contributed by atoms with Gasteiger partial charge in [-0.25, -0.2) is 4.79 Å². The summed E-state index contributed by atoms with van der Waals surface area (Å²) in [5.41, 5.74) is 4.27. The van der Waals surface area contributed by atoms with Crippen LogP contribution < -0.4 is 0 Å². The Hall–Kier alpha value is -1.61. The number of carboxylic acids is 1. The van der Waals surface area contributed by atoms with Crippen LogP contribution in [0.4, 0.5) is 0 Å². The number of aromatic carboxylic acids is 1. The van der Waals surface area contributed by atoms with Gasteiger partial charge in [-0.15, -0.1) is 11.3 Å². The second-order valence-electron chi connectivity index (χ2n) is 4.80. The van der Waals surface area contributed by atoms with Crippen molar-refractivity contribution in [2.45, 2.75) is 25.7 Å². The normalized spacial score (nSPS) is 14.7. The molecule has 1 heterocycles. The third-order valence-corrected chi connectivity index (χ3v) is 4.64. The van der Waals surface area contributed by atoms with Gasteiger partial charge in [0.1, 0.15) is 0 Å². The first-order valence-electron chi connectivity index (χ1n) is 6.05. The highest BCUT2D eigenvalue weighted by atomic mass is 32.1. The molecule has 0 unspecified atom stereocenters. The number of hydrogen-bond acceptors (Lipinski definition) is 2. The Morgan fingerprint density at radius 2 is 1.89 bits per heavy atom. The first-order chi connectivity index (χ1) is 8.66. The quantitative estimate of drug-likeness (QED) is 0.893. The van der Waals surface area contributed by atoms with Gasteiger partial charge in [-0.1, -0.05) is 24.3 Å². The van der Waals surface area contributed by atoms with Crippen LogP contribution in [0.25, 0.3) is 0 Å². The van der Waals surface area contributed by atoms with Crippen LogP contribution in [0.15, 0.2) is 29.6 Å². The molecule has 1 N–H and O–H groups in total. The summed E-state index contributed by atoms with van der Waals surface area (Å²) in [5, 5.41) is 11.3. The van der Waals surface area contributed by atoms with Crippen LogP contribution >= 0.6 is 11.3 Å². The molecule has 0 spiro atoms. The van der Waals surface area contributed by atoms with E-state index in [0.29, 0.717) is 11.5 Å². The standard InChI is InChI=1S/C15H14O2S/c1-9-14(15(16)17)13(8-18-9)12-6-10-4-2-3-5-11(10)7-12/h2-5,8,12H,6-7H2,1H3,(H,16,17). The van der Waals surface area contributed by atoms with Crippen LogP contribution in [-0.2, 0) is 12.8 Å². The van der Waals surface area contributed by atoms with Crippen molar-refractivity contribution in [3.05, 3.63) is 56.8 Å². The maximum atomic E-state index is 11.3. The molecule has 2 nitrogen and oxygen atoms in total. The molecule has 1 aromatic carbocycles. The molecule has 92 valence electrons. The number of thiophene rings is 1. The largest absolute Gasteiger partial charge is 0.478 e.